The van der Waals surface area contributed by atoms with E-state index in [1.54, 1.807) is 49.4 Å². The highest BCUT2D eigenvalue weighted by Gasteiger charge is 2.87. The van der Waals surface area contributed by atoms with Gasteiger partial charge in [-0.1, -0.05) is 18.2 Å². The first kappa shape index (κ1) is 31.5. The Balaban J connectivity index is 1.23. The second-order valence-corrected chi connectivity index (χ2v) is 12.1. The summed E-state index contributed by atoms with van der Waals surface area (Å²) in [5.41, 5.74) is -3.42. The number of aliphatic hydroxyl groups is 3. The fourth-order valence-corrected chi connectivity index (χ4v) is 7.34. The maximum atomic E-state index is 13.3. The first-order chi connectivity index (χ1) is 21.5. The van der Waals surface area contributed by atoms with E-state index >= 15 is 0 Å². The van der Waals surface area contributed by atoms with Crippen molar-refractivity contribution < 1.29 is 62.9 Å². The lowest BCUT2D eigenvalue weighted by Crippen LogP contribution is -2.80. The second kappa shape index (κ2) is 11.7. The third-order valence-corrected chi connectivity index (χ3v) is 9.76. The molecule has 2 bridgehead atoms. The standard InChI is InChI=1S/C32H36O13/c1-30-14-21(33)20-13-32(30,31(20,29(40-3)45-30)16-42-27(38)17-7-5-4-6-8-17)44-28-25(36)24(35)23(34)22(43-28)15-41-26(37)18-9-11-19(39-2)12-10-18/h4-12,20,22-25,28-29,34-36H,13-16H2,1-3H3/t20-,22-,23-,24+,25-,28+,29+,30+,31+,32-/m1/s1. The molecule has 0 aromatic heterocycles. The molecule has 0 spiro atoms. The topological polar surface area (TPSA) is 177 Å². The van der Waals surface area contributed by atoms with Gasteiger partial charge in [0.25, 0.3) is 0 Å². The summed E-state index contributed by atoms with van der Waals surface area (Å²) >= 11 is 0. The molecule has 4 fully saturated rings. The van der Waals surface area contributed by atoms with Crippen LogP contribution in [0.25, 0.3) is 0 Å². The van der Waals surface area contributed by atoms with Gasteiger partial charge in [0.2, 0.25) is 0 Å². The Morgan fingerprint density at radius 3 is 2.24 bits per heavy atom. The lowest BCUT2D eigenvalue weighted by Gasteiger charge is -2.66. The minimum Gasteiger partial charge on any atom is -0.497 e. The largest absolute Gasteiger partial charge is 0.497 e. The molecule has 0 radical (unpaired) electrons. The summed E-state index contributed by atoms with van der Waals surface area (Å²) < 4.78 is 40.7. The summed E-state index contributed by atoms with van der Waals surface area (Å²) in [6, 6.07) is 14.5. The third kappa shape index (κ3) is 4.85. The molecule has 2 heterocycles. The fraction of sp³-hybridized carbons (Fsp3) is 0.531. The zero-order chi connectivity index (χ0) is 32.1. The highest BCUT2D eigenvalue weighted by molar-refractivity contribution is 5.91. The molecule has 2 saturated heterocycles. The van der Waals surface area contributed by atoms with Crippen LogP contribution in [0.5, 0.6) is 5.75 Å². The van der Waals surface area contributed by atoms with Gasteiger partial charge in [-0.05, 0) is 49.7 Å². The minimum atomic E-state index is -1.73. The van der Waals surface area contributed by atoms with Crippen molar-refractivity contribution in [3.05, 3.63) is 65.7 Å². The van der Waals surface area contributed by atoms with Crippen molar-refractivity contribution in [3.8, 4) is 5.75 Å². The van der Waals surface area contributed by atoms with Gasteiger partial charge < -0.3 is 48.5 Å². The smallest absolute Gasteiger partial charge is 0.338 e. The molecule has 13 nitrogen and oxygen atoms in total. The summed E-state index contributed by atoms with van der Waals surface area (Å²) in [7, 11) is 2.90. The van der Waals surface area contributed by atoms with Crippen molar-refractivity contribution in [1.82, 2.24) is 0 Å². The number of rotatable bonds is 10. The van der Waals surface area contributed by atoms with Crippen molar-refractivity contribution in [2.75, 3.05) is 27.4 Å². The first-order valence-electron chi connectivity index (χ1n) is 14.6. The van der Waals surface area contributed by atoms with Crippen LogP contribution in [0.4, 0.5) is 0 Å². The number of benzene rings is 2. The predicted molar refractivity (Wildman–Crippen MR) is 151 cm³/mol. The molecule has 242 valence electrons. The van der Waals surface area contributed by atoms with E-state index in [0.717, 1.165) is 0 Å². The van der Waals surface area contributed by atoms with Gasteiger partial charge in [-0.25, -0.2) is 9.59 Å². The Hall–Kier alpha value is -3.43. The van der Waals surface area contributed by atoms with Crippen LogP contribution in [-0.2, 0) is 33.2 Å². The van der Waals surface area contributed by atoms with Crippen LogP contribution in [0.15, 0.2) is 54.6 Å². The summed E-state index contributed by atoms with van der Waals surface area (Å²) in [6.45, 7) is 0.905. The Morgan fingerprint density at radius 2 is 1.58 bits per heavy atom. The highest BCUT2D eigenvalue weighted by Crippen LogP contribution is 2.74. The number of esters is 2. The Bertz CT molecular complexity index is 1430. The molecule has 3 N–H and O–H groups in total. The molecule has 45 heavy (non-hydrogen) atoms. The summed E-state index contributed by atoms with van der Waals surface area (Å²) in [6.07, 6.45) is -8.84. The van der Waals surface area contributed by atoms with Gasteiger partial charge in [0.1, 0.15) is 60.4 Å². The Kier molecular flexibility index (Phi) is 8.23. The van der Waals surface area contributed by atoms with Gasteiger partial charge in [0, 0.05) is 19.4 Å². The number of carbonyl (C=O) groups is 3. The van der Waals surface area contributed by atoms with E-state index in [0.29, 0.717) is 11.3 Å². The number of aliphatic hydroxyl groups excluding tert-OH is 3. The van der Waals surface area contributed by atoms with Crippen molar-refractivity contribution in [2.24, 2.45) is 11.3 Å². The van der Waals surface area contributed by atoms with E-state index in [-0.39, 0.29) is 30.8 Å². The summed E-state index contributed by atoms with van der Waals surface area (Å²) in [5.74, 6) is -1.54. The molecular formula is C32H36O13. The van der Waals surface area contributed by atoms with E-state index < -0.39 is 78.1 Å². The number of ether oxygens (including phenoxy) is 7. The molecule has 2 aromatic rings. The second-order valence-electron chi connectivity index (χ2n) is 12.1. The molecule has 6 rings (SSSR count). The summed E-state index contributed by atoms with van der Waals surface area (Å²) in [4.78, 5) is 38.9. The van der Waals surface area contributed by atoms with Gasteiger partial charge in [0.05, 0.1) is 23.7 Å². The number of hydrogen-bond donors (Lipinski definition) is 3. The molecule has 4 aliphatic rings. The number of methoxy groups -OCH3 is 2. The maximum absolute atomic E-state index is 13.3. The third-order valence-electron chi connectivity index (χ3n) is 9.76. The van der Waals surface area contributed by atoms with Crippen LogP contribution in [-0.4, -0.2) is 109 Å². The van der Waals surface area contributed by atoms with Gasteiger partial charge >= 0.3 is 11.9 Å². The molecule has 2 aliphatic heterocycles. The van der Waals surface area contributed by atoms with Gasteiger partial charge in [0.15, 0.2) is 12.6 Å². The Morgan fingerprint density at radius 1 is 0.911 bits per heavy atom. The van der Waals surface area contributed by atoms with E-state index in [1.165, 1.54) is 26.4 Å². The summed E-state index contributed by atoms with van der Waals surface area (Å²) in [5, 5.41) is 32.5. The number of Topliss-reactive ketones (excluding diaryl/α,β-unsaturated/α-hetero) is 1. The van der Waals surface area contributed by atoms with Crippen LogP contribution < -0.4 is 4.74 Å². The van der Waals surface area contributed by atoms with Crippen LogP contribution >= 0.6 is 0 Å². The lowest BCUT2D eigenvalue weighted by molar-refractivity contribution is -0.381. The van der Waals surface area contributed by atoms with Crippen molar-refractivity contribution in [2.45, 2.75) is 68.0 Å². The van der Waals surface area contributed by atoms with E-state index in [2.05, 4.69) is 0 Å². The lowest BCUT2D eigenvalue weighted by atomic mass is 9.41. The molecule has 13 heteroatoms. The van der Waals surface area contributed by atoms with Gasteiger partial charge in [-0.15, -0.1) is 0 Å². The molecule has 10 atom stereocenters. The first-order valence-corrected chi connectivity index (χ1v) is 14.6. The SMILES string of the molecule is COc1ccc(C(=O)OC[C@H]2O[C@@H](O[C@]34C[C@@H]5C(=O)C[C@]3(C)O[C@H](OC)[C@]54COC(=O)c3ccccc3)[C@H](O)[C@@H](O)[C@@H]2O)cc1. The van der Waals surface area contributed by atoms with Crippen molar-refractivity contribution in [3.63, 3.8) is 0 Å². The van der Waals surface area contributed by atoms with Gasteiger partial charge in [-0.2, -0.15) is 0 Å². The van der Waals surface area contributed by atoms with Crippen molar-refractivity contribution >= 4 is 17.7 Å². The average molecular weight is 629 g/mol. The number of ketones is 1. The van der Waals surface area contributed by atoms with Crippen LogP contribution in [0.1, 0.15) is 40.5 Å². The van der Waals surface area contributed by atoms with Gasteiger partial charge in [-0.3, -0.25) is 4.79 Å². The molecule has 2 saturated carbocycles. The molecule has 2 aromatic carbocycles. The van der Waals surface area contributed by atoms with E-state index in [1.807, 2.05) is 0 Å². The maximum Gasteiger partial charge on any atom is 0.338 e. The number of hydrogen-bond acceptors (Lipinski definition) is 13. The number of carbonyl (C=O) groups excluding carboxylic acids is 3. The molecular weight excluding hydrogens is 592 g/mol. The van der Waals surface area contributed by atoms with Crippen LogP contribution in [0.3, 0.4) is 0 Å². The van der Waals surface area contributed by atoms with E-state index in [4.69, 9.17) is 33.2 Å². The predicted octanol–water partition coefficient (Wildman–Crippen LogP) is 1.01. The van der Waals surface area contributed by atoms with Crippen LogP contribution in [0.2, 0.25) is 0 Å². The Labute approximate surface area is 258 Å². The van der Waals surface area contributed by atoms with Crippen molar-refractivity contribution in [1.29, 1.82) is 0 Å². The monoisotopic (exact) mass is 628 g/mol. The quantitative estimate of drug-likeness (QED) is 0.318. The fourth-order valence-electron chi connectivity index (χ4n) is 7.34. The zero-order valence-electron chi connectivity index (χ0n) is 25.0. The van der Waals surface area contributed by atoms with E-state index in [9.17, 15) is 29.7 Å². The molecule has 0 amide bonds. The average Bonchev–Trinajstić information content (AvgIpc) is 3.13. The highest BCUT2D eigenvalue weighted by atomic mass is 16.8. The minimum absolute atomic E-state index is 0.0389. The zero-order valence-corrected chi connectivity index (χ0v) is 25.0. The molecule has 0 unspecified atom stereocenters. The molecule has 2 aliphatic carbocycles. The van der Waals surface area contributed by atoms with Crippen LogP contribution in [0, 0.1) is 11.3 Å². The number of fused-ring (bicyclic) bond motifs is 2. The normalized spacial score (nSPS) is 38.3.